The van der Waals surface area contributed by atoms with E-state index in [1.54, 1.807) is 53.9 Å². The molecule has 19 heavy (non-hydrogen) atoms. The number of para-hydroxylation sites is 2. The monoisotopic (exact) mass is 291 g/mol. The molecule has 2 aromatic carbocycles. The molecule has 0 unspecified atom stereocenters. The van der Waals surface area contributed by atoms with Gasteiger partial charge in [-0.25, -0.2) is 4.57 Å². The van der Waals surface area contributed by atoms with Gasteiger partial charge in [0, 0.05) is 0 Å². The minimum atomic E-state index is -3.61. The summed E-state index contributed by atoms with van der Waals surface area (Å²) in [5.74, 6) is 0.786. The lowest BCUT2D eigenvalue weighted by Gasteiger charge is -2.16. The molecule has 0 aliphatic heterocycles. The Morgan fingerprint density at radius 1 is 0.895 bits per heavy atom. The van der Waals surface area contributed by atoms with E-state index in [1.807, 2.05) is 12.1 Å². The Labute approximate surface area is 115 Å². The molecule has 96 valence electrons. The quantitative estimate of drug-likeness (QED) is 0.601. The first-order valence-corrected chi connectivity index (χ1v) is 8.35. The van der Waals surface area contributed by atoms with E-state index in [2.05, 4.69) is 0 Å². The van der Waals surface area contributed by atoms with Crippen LogP contribution in [0.25, 0.3) is 0 Å². The van der Waals surface area contributed by atoms with Crippen LogP contribution in [0, 0.1) is 10.7 Å². The highest BCUT2D eigenvalue weighted by molar-refractivity contribution is 8.57. The van der Waals surface area contributed by atoms with Crippen molar-refractivity contribution in [2.45, 2.75) is 0 Å². The number of benzene rings is 2. The summed E-state index contributed by atoms with van der Waals surface area (Å²) in [5, 5.41) is 10.5. The van der Waals surface area contributed by atoms with E-state index in [1.165, 1.54) is 0 Å². The van der Waals surface area contributed by atoms with Gasteiger partial charge in [-0.15, -0.1) is 0 Å². The molecule has 0 saturated heterocycles. The normalized spacial score (nSPS) is 10.5. The van der Waals surface area contributed by atoms with Crippen LogP contribution in [-0.4, -0.2) is 0 Å². The van der Waals surface area contributed by atoms with Gasteiger partial charge >= 0.3 is 6.80 Å². The lowest BCUT2D eigenvalue weighted by atomic mass is 10.3. The average molecular weight is 291 g/mol. The second-order valence-corrected chi connectivity index (χ2v) is 6.95. The summed E-state index contributed by atoms with van der Waals surface area (Å²) < 4.78 is 23.1. The zero-order valence-corrected chi connectivity index (χ0v) is 11.5. The zero-order valence-electron chi connectivity index (χ0n) is 9.80. The van der Waals surface area contributed by atoms with Gasteiger partial charge in [-0.2, -0.15) is 5.26 Å². The summed E-state index contributed by atoms with van der Waals surface area (Å²) in [6.07, 6.45) is 0. The lowest BCUT2D eigenvalue weighted by molar-refractivity contribution is 0.408. The van der Waals surface area contributed by atoms with Crippen molar-refractivity contribution >= 4 is 18.2 Å². The van der Waals surface area contributed by atoms with Crippen LogP contribution in [0.3, 0.4) is 0 Å². The Balaban J connectivity index is 2.19. The van der Waals surface area contributed by atoms with Crippen molar-refractivity contribution in [1.29, 1.82) is 5.26 Å². The standard InChI is InChI=1S/C13H10NO3PS/c14-11-19-18(15,16-12-7-3-1-4-8-12)17-13-9-5-2-6-10-13/h1-10H. The summed E-state index contributed by atoms with van der Waals surface area (Å²) in [6.45, 7) is -3.61. The molecular weight excluding hydrogens is 281 g/mol. The maximum absolute atomic E-state index is 12.4. The first-order valence-electron chi connectivity index (χ1n) is 5.39. The van der Waals surface area contributed by atoms with Crippen LogP contribution in [0.15, 0.2) is 60.7 Å². The SMILES string of the molecule is N#CSP(=O)(Oc1ccccc1)Oc1ccccc1. The number of hydrogen-bond acceptors (Lipinski definition) is 5. The topological polar surface area (TPSA) is 59.3 Å². The molecule has 0 radical (unpaired) electrons. The van der Waals surface area contributed by atoms with Crippen LogP contribution in [0.5, 0.6) is 11.5 Å². The molecule has 0 atom stereocenters. The summed E-state index contributed by atoms with van der Waals surface area (Å²) in [4.78, 5) is 0. The molecule has 6 heteroatoms. The van der Waals surface area contributed by atoms with Crippen molar-refractivity contribution in [3.63, 3.8) is 0 Å². The van der Waals surface area contributed by atoms with Gasteiger partial charge in [0.1, 0.15) is 28.3 Å². The maximum atomic E-state index is 12.4. The van der Waals surface area contributed by atoms with Gasteiger partial charge in [0.2, 0.25) is 0 Å². The van der Waals surface area contributed by atoms with E-state index in [0.717, 1.165) is 0 Å². The molecule has 0 amide bonds. The summed E-state index contributed by atoms with van der Waals surface area (Å²) >= 11 is 0.485. The molecule has 0 heterocycles. The van der Waals surface area contributed by atoms with E-state index in [-0.39, 0.29) is 0 Å². The van der Waals surface area contributed by atoms with E-state index in [4.69, 9.17) is 14.3 Å². The Morgan fingerprint density at radius 3 is 1.68 bits per heavy atom. The van der Waals surface area contributed by atoms with Crippen LogP contribution in [0.4, 0.5) is 0 Å². The molecule has 0 bridgehead atoms. The second kappa shape index (κ2) is 6.33. The second-order valence-electron chi connectivity index (χ2n) is 3.44. The third kappa shape index (κ3) is 4.06. The molecule has 0 aliphatic carbocycles. The van der Waals surface area contributed by atoms with Crippen LogP contribution in [0.1, 0.15) is 0 Å². The number of hydrogen-bond donors (Lipinski definition) is 0. The van der Waals surface area contributed by atoms with Crippen LogP contribution >= 0.6 is 18.2 Å². The van der Waals surface area contributed by atoms with E-state index in [9.17, 15) is 4.57 Å². The minimum Gasteiger partial charge on any atom is -0.408 e. The molecule has 0 fully saturated rings. The maximum Gasteiger partial charge on any atom is 0.507 e. The van der Waals surface area contributed by atoms with Gasteiger partial charge in [-0.1, -0.05) is 36.4 Å². The molecule has 0 saturated carbocycles. The van der Waals surface area contributed by atoms with Crippen molar-refractivity contribution in [1.82, 2.24) is 0 Å². The summed E-state index contributed by atoms with van der Waals surface area (Å²) in [7, 11) is 0. The minimum absolute atomic E-state index is 0.393. The number of nitriles is 1. The Kier molecular flexibility index (Phi) is 4.51. The Morgan fingerprint density at radius 2 is 1.32 bits per heavy atom. The van der Waals surface area contributed by atoms with Gasteiger partial charge in [0.05, 0.1) is 0 Å². The van der Waals surface area contributed by atoms with E-state index in [0.29, 0.717) is 22.9 Å². The van der Waals surface area contributed by atoms with Gasteiger partial charge in [-0.3, -0.25) is 0 Å². The van der Waals surface area contributed by atoms with Crippen molar-refractivity contribution in [2.24, 2.45) is 0 Å². The fraction of sp³-hybridized carbons (Fsp3) is 0. The van der Waals surface area contributed by atoms with Crippen molar-refractivity contribution in [3.8, 4) is 16.9 Å². The highest BCUT2D eigenvalue weighted by Gasteiger charge is 2.30. The number of thiocyanates is 1. The lowest BCUT2D eigenvalue weighted by Crippen LogP contribution is -1.97. The van der Waals surface area contributed by atoms with Crippen molar-refractivity contribution < 1.29 is 13.6 Å². The molecule has 0 aromatic heterocycles. The summed E-state index contributed by atoms with van der Waals surface area (Å²) in [5.41, 5.74) is 0. The van der Waals surface area contributed by atoms with Gasteiger partial charge in [0.25, 0.3) is 0 Å². The molecular formula is C13H10NO3PS. The molecule has 0 N–H and O–H groups in total. The highest BCUT2D eigenvalue weighted by Crippen LogP contribution is 2.59. The molecule has 2 rings (SSSR count). The molecule has 0 spiro atoms. The zero-order chi connectivity index (χ0) is 13.6. The summed E-state index contributed by atoms with van der Waals surface area (Å²) in [6, 6.07) is 17.2. The third-order valence-corrected chi connectivity index (χ3v) is 4.61. The van der Waals surface area contributed by atoms with E-state index < -0.39 is 6.80 Å². The largest absolute Gasteiger partial charge is 0.507 e. The fourth-order valence-corrected chi connectivity index (χ4v) is 3.34. The third-order valence-electron chi connectivity index (χ3n) is 2.07. The van der Waals surface area contributed by atoms with E-state index >= 15 is 0 Å². The smallest absolute Gasteiger partial charge is 0.408 e. The molecule has 4 nitrogen and oxygen atoms in total. The fourth-order valence-electron chi connectivity index (χ4n) is 1.33. The predicted octanol–water partition coefficient (Wildman–Crippen LogP) is 4.47. The Bertz CT molecular complexity index is 567. The highest BCUT2D eigenvalue weighted by atomic mass is 32.7. The first kappa shape index (κ1) is 13.5. The first-order chi connectivity index (χ1) is 9.22. The van der Waals surface area contributed by atoms with Crippen molar-refractivity contribution in [3.05, 3.63) is 60.7 Å². The van der Waals surface area contributed by atoms with Crippen LogP contribution in [0.2, 0.25) is 0 Å². The predicted molar refractivity (Wildman–Crippen MR) is 75.0 cm³/mol. The average Bonchev–Trinajstić information content (AvgIpc) is 2.41. The molecule has 2 aromatic rings. The van der Waals surface area contributed by atoms with Crippen molar-refractivity contribution in [2.75, 3.05) is 0 Å². The van der Waals surface area contributed by atoms with Crippen LogP contribution < -0.4 is 9.05 Å². The number of rotatable bonds is 5. The molecule has 0 aliphatic rings. The van der Waals surface area contributed by atoms with Gasteiger partial charge in [-0.05, 0) is 24.3 Å². The van der Waals surface area contributed by atoms with Gasteiger partial charge in [0.15, 0.2) is 0 Å². The Hall–Kier alpha value is -1.89. The van der Waals surface area contributed by atoms with Gasteiger partial charge < -0.3 is 9.05 Å². The number of nitrogens with zero attached hydrogens (tertiary/aromatic N) is 1. The van der Waals surface area contributed by atoms with Crippen LogP contribution in [-0.2, 0) is 4.57 Å².